The Labute approximate surface area is 158 Å². The van der Waals surface area contributed by atoms with Crippen LogP contribution < -0.4 is 0 Å². The highest BCUT2D eigenvalue weighted by molar-refractivity contribution is 7.88. The minimum atomic E-state index is -3.24. The molecule has 0 spiro atoms. The van der Waals surface area contributed by atoms with Gasteiger partial charge in [0.2, 0.25) is 15.8 Å². The Morgan fingerprint density at radius 2 is 1.85 bits per heavy atom. The van der Waals surface area contributed by atoms with E-state index in [1.807, 2.05) is 31.2 Å². The summed E-state index contributed by atoms with van der Waals surface area (Å²) in [4.78, 5) is 28.5. The van der Waals surface area contributed by atoms with Crippen molar-refractivity contribution >= 4 is 32.7 Å². The predicted octanol–water partition coefficient (Wildman–Crippen LogP) is 2.26. The number of nitrogens with zero attached hydrogens (tertiary/aromatic N) is 1. The van der Waals surface area contributed by atoms with Crippen molar-refractivity contribution in [3.8, 4) is 0 Å². The molecule has 0 aliphatic carbocycles. The molecule has 1 aliphatic rings. The molecule has 0 bridgehead atoms. The molecule has 1 atom stereocenters. The van der Waals surface area contributed by atoms with Crippen LogP contribution >= 0.6 is 0 Å². The highest BCUT2D eigenvalue weighted by atomic mass is 32.2. The van der Waals surface area contributed by atoms with Crippen molar-refractivity contribution in [3.05, 3.63) is 35.5 Å². The number of fused-ring (bicyclic) bond motifs is 1. The van der Waals surface area contributed by atoms with Crippen LogP contribution in [-0.4, -0.2) is 54.9 Å². The number of aryl methyl sites for hydroxylation is 1. The normalized spacial score (nSPS) is 17.7. The molecule has 8 heteroatoms. The number of para-hydroxylation sites is 1. The zero-order chi connectivity index (χ0) is 19.8. The molecule has 3 rings (SSSR count). The van der Waals surface area contributed by atoms with Crippen molar-refractivity contribution in [1.82, 2.24) is 9.29 Å². The van der Waals surface area contributed by atoms with E-state index in [2.05, 4.69) is 4.98 Å². The number of H-pyrrole nitrogens is 1. The number of nitrogens with one attached hydrogen (secondary N) is 1. The van der Waals surface area contributed by atoms with Gasteiger partial charge in [0, 0.05) is 35.2 Å². The second-order valence-electron chi connectivity index (χ2n) is 7.05. The van der Waals surface area contributed by atoms with E-state index in [0.29, 0.717) is 31.5 Å². The fourth-order valence-corrected chi connectivity index (χ4v) is 4.42. The fourth-order valence-electron chi connectivity index (χ4n) is 3.54. The number of hydrogen-bond acceptors (Lipinski definition) is 5. The summed E-state index contributed by atoms with van der Waals surface area (Å²) >= 11 is 0. The van der Waals surface area contributed by atoms with Crippen LogP contribution in [0.25, 0.3) is 10.9 Å². The molecule has 2 aromatic rings. The van der Waals surface area contributed by atoms with Gasteiger partial charge in [-0.05, 0) is 32.8 Å². The van der Waals surface area contributed by atoms with Crippen molar-refractivity contribution in [2.45, 2.75) is 32.8 Å². The summed E-state index contributed by atoms with van der Waals surface area (Å²) in [6, 6.07) is 7.50. The second kappa shape index (κ2) is 7.44. The van der Waals surface area contributed by atoms with Crippen LogP contribution in [0.1, 0.15) is 35.8 Å². The van der Waals surface area contributed by atoms with Crippen LogP contribution in [-0.2, 0) is 19.6 Å². The van der Waals surface area contributed by atoms with Gasteiger partial charge < -0.3 is 9.72 Å². The average Bonchev–Trinajstić information content (AvgIpc) is 2.96. The molecule has 27 heavy (non-hydrogen) atoms. The van der Waals surface area contributed by atoms with E-state index >= 15 is 0 Å². The zero-order valence-electron chi connectivity index (χ0n) is 15.7. The number of aromatic amines is 1. The van der Waals surface area contributed by atoms with Crippen molar-refractivity contribution in [2.75, 3.05) is 19.3 Å². The smallest absolute Gasteiger partial charge is 0.309 e. The molecule has 0 radical (unpaired) electrons. The summed E-state index contributed by atoms with van der Waals surface area (Å²) < 4.78 is 29.9. The maximum Gasteiger partial charge on any atom is 0.309 e. The average molecular weight is 392 g/mol. The number of sulfonamides is 1. The van der Waals surface area contributed by atoms with Crippen molar-refractivity contribution in [1.29, 1.82) is 0 Å². The van der Waals surface area contributed by atoms with E-state index in [4.69, 9.17) is 4.74 Å². The standard InChI is InChI=1S/C19H24N2O5S/c1-12-17(15-6-4-5-7-16(15)20-12)18(22)13(2)26-19(23)14-8-10-21(11-9-14)27(3,24)25/h4-7,13-14,20H,8-11H2,1-3H3. The first-order valence-corrected chi connectivity index (χ1v) is 10.8. The number of benzene rings is 1. The molecule has 1 fully saturated rings. The number of ether oxygens (including phenoxy) is 1. The molecule has 1 aromatic carbocycles. The third kappa shape index (κ3) is 4.06. The summed E-state index contributed by atoms with van der Waals surface area (Å²) in [6.07, 6.45) is 1.07. The molecule has 1 saturated heterocycles. The molecule has 7 nitrogen and oxygen atoms in total. The van der Waals surface area contributed by atoms with E-state index in [-0.39, 0.29) is 11.7 Å². The fraction of sp³-hybridized carbons (Fsp3) is 0.474. The summed E-state index contributed by atoms with van der Waals surface area (Å²) in [6.45, 7) is 3.99. The molecule has 0 amide bonds. The maximum absolute atomic E-state index is 12.9. The first kappa shape index (κ1) is 19.6. The van der Waals surface area contributed by atoms with Crippen LogP contribution in [0.3, 0.4) is 0 Å². The first-order valence-electron chi connectivity index (χ1n) is 8.95. The van der Waals surface area contributed by atoms with Crippen molar-refractivity contribution < 1.29 is 22.7 Å². The molecule has 1 aromatic heterocycles. The molecule has 0 saturated carbocycles. The Morgan fingerprint density at radius 1 is 1.22 bits per heavy atom. The third-order valence-corrected chi connectivity index (χ3v) is 6.36. The van der Waals surface area contributed by atoms with Crippen molar-refractivity contribution in [2.24, 2.45) is 5.92 Å². The van der Waals surface area contributed by atoms with Gasteiger partial charge in [0.05, 0.1) is 12.2 Å². The summed E-state index contributed by atoms with van der Waals surface area (Å²) in [5.74, 6) is -1.07. The maximum atomic E-state index is 12.9. The first-order chi connectivity index (χ1) is 12.7. The van der Waals surface area contributed by atoms with E-state index in [9.17, 15) is 18.0 Å². The molecular weight excluding hydrogens is 368 g/mol. The Kier molecular flexibility index (Phi) is 5.39. The minimum Gasteiger partial charge on any atom is -0.454 e. The lowest BCUT2D eigenvalue weighted by Crippen LogP contribution is -2.40. The number of Topliss-reactive ketones (excluding diaryl/α,β-unsaturated/α-hetero) is 1. The number of esters is 1. The Morgan fingerprint density at radius 3 is 2.48 bits per heavy atom. The molecular formula is C19H24N2O5S. The second-order valence-corrected chi connectivity index (χ2v) is 9.03. The number of aromatic nitrogens is 1. The monoisotopic (exact) mass is 392 g/mol. The lowest BCUT2D eigenvalue weighted by atomic mass is 9.98. The van der Waals surface area contributed by atoms with E-state index in [1.165, 1.54) is 4.31 Å². The van der Waals surface area contributed by atoms with Gasteiger partial charge in [0.25, 0.3) is 0 Å². The molecule has 2 heterocycles. The highest BCUT2D eigenvalue weighted by Gasteiger charge is 2.32. The van der Waals surface area contributed by atoms with Gasteiger partial charge in [-0.1, -0.05) is 18.2 Å². The van der Waals surface area contributed by atoms with Gasteiger partial charge in [-0.2, -0.15) is 0 Å². The van der Waals surface area contributed by atoms with Gasteiger partial charge in [-0.25, -0.2) is 12.7 Å². The Hall–Kier alpha value is -2.19. The third-order valence-electron chi connectivity index (χ3n) is 5.06. The molecule has 1 unspecified atom stereocenters. The summed E-state index contributed by atoms with van der Waals surface area (Å²) in [7, 11) is -3.24. The Bertz CT molecular complexity index is 971. The van der Waals surface area contributed by atoms with Crippen molar-refractivity contribution in [3.63, 3.8) is 0 Å². The molecule has 146 valence electrons. The minimum absolute atomic E-state index is 0.244. The van der Waals surface area contributed by atoms with Gasteiger partial charge in [-0.3, -0.25) is 9.59 Å². The number of carbonyl (C=O) groups is 2. The quantitative estimate of drug-likeness (QED) is 0.622. The van der Waals surface area contributed by atoms with Crippen LogP contribution in [0.2, 0.25) is 0 Å². The highest BCUT2D eigenvalue weighted by Crippen LogP contribution is 2.25. The van der Waals surface area contributed by atoms with Gasteiger partial charge in [0.1, 0.15) is 0 Å². The van der Waals surface area contributed by atoms with Crippen LogP contribution in [0, 0.1) is 12.8 Å². The predicted molar refractivity (Wildman–Crippen MR) is 102 cm³/mol. The molecule has 1 aliphatic heterocycles. The van der Waals surface area contributed by atoms with Gasteiger partial charge >= 0.3 is 5.97 Å². The van der Waals surface area contributed by atoms with Crippen LogP contribution in [0.5, 0.6) is 0 Å². The van der Waals surface area contributed by atoms with E-state index in [1.54, 1.807) is 6.92 Å². The van der Waals surface area contributed by atoms with Gasteiger partial charge in [0.15, 0.2) is 6.10 Å². The van der Waals surface area contributed by atoms with Gasteiger partial charge in [-0.15, -0.1) is 0 Å². The number of piperidine rings is 1. The lowest BCUT2D eigenvalue weighted by Gasteiger charge is -2.29. The van der Waals surface area contributed by atoms with E-state index in [0.717, 1.165) is 22.9 Å². The van der Waals surface area contributed by atoms with Crippen LogP contribution in [0.15, 0.2) is 24.3 Å². The number of rotatable bonds is 5. The zero-order valence-corrected chi connectivity index (χ0v) is 16.5. The Balaban J connectivity index is 1.66. The number of carbonyl (C=O) groups excluding carboxylic acids is 2. The van der Waals surface area contributed by atoms with E-state index < -0.39 is 22.1 Å². The number of hydrogen-bond donors (Lipinski definition) is 1. The summed E-state index contributed by atoms with van der Waals surface area (Å²) in [5, 5.41) is 0.810. The number of ketones is 1. The largest absolute Gasteiger partial charge is 0.454 e. The lowest BCUT2D eigenvalue weighted by molar-refractivity contribution is -0.152. The summed E-state index contributed by atoms with van der Waals surface area (Å²) in [5.41, 5.74) is 2.15. The SMILES string of the molecule is Cc1[nH]c2ccccc2c1C(=O)C(C)OC(=O)C1CCN(S(C)(=O)=O)CC1. The molecule has 1 N–H and O–H groups in total. The topological polar surface area (TPSA) is 96.5 Å². The van der Waals surface area contributed by atoms with Crippen LogP contribution in [0.4, 0.5) is 0 Å².